The number of hydrogen-bond acceptors (Lipinski definition) is 6. The maximum Gasteiger partial charge on any atom is 0.352 e. The van der Waals surface area contributed by atoms with Gasteiger partial charge in [0.1, 0.15) is 12.4 Å². The van der Waals surface area contributed by atoms with Crippen LogP contribution in [0.4, 0.5) is 0 Å². The average molecular weight is 246 g/mol. The van der Waals surface area contributed by atoms with E-state index in [0.29, 0.717) is 28.9 Å². The van der Waals surface area contributed by atoms with Crippen LogP contribution in [0, 0.1) is 0 Å². The first-order chi connectivity index (χ1) is 7.72. The monoisotopic (exact) mass is 246 g/mol. The molecule has 0 fully saturated rings. The molecule has 1 rings (SSSR count). The van der Waals surface area contributed by atoms with Crippen LogP contribution in [-0.2, 0) is 9.47 Å². The second-order valence-corrected chi connectivity index (χ2v) is 3.81. The molecule has 0 unspecified atom stereocenters. The first-order valence-electron chi connectivity index (χ1n) is 4.60. The molecule has 0 spiro atoms. The van der Waals surface area contributed by atoms with E-state index >= 15 is 0 Å². The minimum absolute atomic E-state index is 0.375. The van der Waals surface area contributed by atoms with Crippen LogP contribution in [0.2, 0.25) is 0 Å². The van der Waals surface area contributed by atoms with E-state index in [1.807, 2.05) is 0 Å². The second-order valence-electron chi connectivity index (χ2n) is 2.80. The number of hydrogen-bond donors (Lipinski definition) is 0. The van der Waals surface area contributed by atoms with Crippen molar-refractivity contribution >= 4 is 17.3 Å². The molecular weight excluding hydrogens is 232 g/mol. The number of thiophene rings is 1. The van der Waals surface area contributed by atoms with Gasteiger partial charge in [0.15, 0.2) is 9.94 Å². The van der Waals surface area contributed by atoms with Crippen molar-refractivity contribution in [2.24, 2.45) is 0 Å². The number of carbonyl (C=O) groups excluding carboxylic acids is 1. The smallest absolute Gasteiger partial charge is 0.352 e. The van der Waals surface area contributed by atoms with Crippen molar-refractivity contribution in [3.05, 3.63) is 10.9 Å². The third-order valence-electron chi connectivity index (χ3n) is 1.79. The first kappa shape index (κ1) is 12.8. The molecule has 0 aliphatic rings. The Balaban J connectivity index is 2.79. The highest BCUT2D eigenvalue weighted by molar-refractivity contribution is 7.16. The van der Waals surface area contributed by atoms with Crippen LogP contribution in [0.3, 0.4) is 0 Å². The predicted molar refractivity (Wildman–Crippen MR) is 59.6 cm³/mol. The lowest BCUT2D eigenvalue weighted by Gasteiger charge is -2.04. The highest BCUT2D eigenvalue weighted by atomic mass is 32.1. The summed E-state index contributed by atoms with van der Waals surface area (Å²) in [4.78, 5) is 11.8. The Morgan fingerprint density at radius 3 is 2.62 bits per heavy atom. The van der Waals surface area contributed by atoms with E-state index in [1.54, 1.807) is 13.2 Å². The molecule has 1 heterocycles. The van der Waals surface area contributed by atoms with Crippen LogP contribution >= 0.6 is 11.3 Å². The highest BCUT2D eigenvalue weighted by Crippen LogP contribution is 2.35. The lowest BCUT2D eigenvalue weighted by Crippen LogP contribution is -2.07. The van der Waals surface area contributed by atoms with Crippen molar-refractivity contribution in [1.29, 1.82) is 0 Å². The molecule has 0 aliphatic carbocycles. The maximum absolute atomic E-state index is 11.4. The molecule has 0 atom stereocenters. The summed E-state index contributed by atoms with van der Waals surface area (Å²) in [6, 6.07) is 1.66. The van der Waals surface area contributed by atoms with Crippen molar-refractivity contribution in [2.45, 2.75) is 0 Å². The van der Waals surface area contributed by atoms with Crippen molar-refractivity contribution in [3.8, 4) is 10.8 Å². The Labute approximate surface area is 97.9 Å². The molecule has 1 aromatic heterocycles. The summed E-state index contributed by atoms with van der Waals surface area (Å²) in [5.41, 5.74) is 0. The summed E-state index contributed by atoms with van der Waals surface area (Å²) >= 11 is 1.19. The van der Waals surface area contributed by atoms with Crippen LogP contribution < -0.4 is 9.47 Å². The number of esters is 1. The summed E-state index contributed by atoms with van der Waals surface area (Å²) in [5.74, 6) is 0.0338. The third kappa shape index (κ3) is 3.11. The molecule has 0 aromatic carbocycles. The van der Waals surface area contributed by atoms with E-state index < -0.39 is 5.97 Å². The molecule has 0 saturated carbocycles. The van der Waals surface area contributed by atoms with E-state index in [2.05, 4.69) is 4.74 Å². The Bertz CT molecular complexity index is 347. The molecule has 0 saturated heterocycles. The molecule has 6 heteroatoms. The van der Waals surface area contributed by atoms with Crippen LogP contribution in [-0.4, -0.2) is 40.5 Å². The van der Waals surface area contributed by atoms with Crippen LogP contribution in [0.5, 0.6) is 10.8 Å². The zero-order chi connectivity index (χ0) is 12.0. The molecule has 0 radical (unpaired) electrons. The second kappa shape index (κ2) is 6.34. The SMILES string of the molecule is COCCOc1cc(OC)sc1C(=O)OC. The maximum atomic E-state index is 11.4. The minimum Gasteiger partial charge on any atom is -0.489 e. The van der Waals surface area contributed by atoms with Gasteiger partial charge in [-0.15, -0.1) is 0 Å². The fourth-order valence-corrected chi connectivity index (χ4v) is 1.87. The van der Waals surface area contributed by atoms with E-state index in [1.165, 1.54) is 25.6 Å². The Morgan fingerprint density at radius 1 is 1.31 bits per heavy atom. The molecule has 0 N–H and O–H groups in total. The van der Waals surface area contributed by atoms with Crippen LogP contribution in [0.1, 0.15) is 9.67 Å². The summed E-state index contributed by atoms with van der Waals surface area (Å²) in [6.45, 7) is 0.832. The summed E-state index contributed by atoms with van der Waals surface area (Å²) in [6.07, 6.45) is 0. The number of carbonyl (C=O) groups is 1. The lowest BCUT2D eigenvalue weighted by atomic mass is 10.4. The predicted octanol–water partition coefficient (Wildman–Crippen LogP) is 1.57. The summed E-state index contributed by atoms with van der Waals surface area (Å²) in [5, 5.41) is 0.604. The quantitative estimate of drug-likeness (QED) is 0.563. The Morgan fingerprint density at radius 2 is 2.06 bits per heavy atom. The van der Waals surface area contributed by atoms with E-state index in [9.17, 15) is 4.79 Å². The van der Waals surface area contributed by atoms with Crippen LogP contribution in [0.15, 0.2) is 6.07 Å². The van der Waals surface area contributed by atoms with Gasteiger partial charge in [0.05, 0.1) is 20.8 Å². The Kier molecular flexibility index (Phi) is 5.07. The number of methoxy groups -OCH3 is 3. The van der Waals surface area contributed by atoms with E-state index in [-0.39, 0.29) is 0 Å². The molecule has 5 nitrogen and oxygen atoms in total. The average Bonchev–Trinajstić information content (AvgIpc) is 2.72. The number of rotatable bonds is 6. The normalized spacial score (nSPS) is 9.94. The zero-order valence-corrected chi connectivity index (χ0v) is 10.3. The molecule has 0 amide bonds. The topological polar surface area (TPSA) is 54.0 Å². The highest BCUT2D eigenvalue weighted by Gasteiger charge is 2.18. The standard InChI is InChI=1S/C10H14O5S/c1-12-4-5-15-7-6-8(13-2)16-9(7)10(11)14-3/h6H,4-5H2,1-3H3. The Hall–Kier alpha value is -1.27. The van der Waals surface area contributed by atoms with Crippen molar-refractivity contribution in [3.63, 3.8) is 0 Å². The fourth-order valence-electron chi connectivity index (χ4n) is 1.03. The van der Waals surface area contributed by atoms with Gasteiger partial charge in [-0.1, -0.05) is 11.3 Å². The first-order valence-corrected chi connectivity index (χ1v) is 5.42. The van der Waals surface area contributed by atoms with Gasteiger partial charge in [0, 0.05) is 13.2 Å². The number of ether oxygens (including phenoxy) is 4. The van der Waals surface area contributed by atoms with Gasteiger partial charge in [-0.25, -0.2) is 4.79 Å². The lowest BCUT2D eigenvalue weighted by molar-refractivity contribution is 0.0600. The van der Waals surface area contributed by atoms with Crippen LogP contribution in [0.25, 0.3) is 0 Å². The van der Waals surface area contributed by atoms with Crippen molar-refractivity contribution in [2.75, 3.05) is 34.5 Å². The van der Waals surface area contributed by atoms with Gasteiger partial charge in [-0.3, -0.25) is 0 Å². The van der Waals surface area contributed by atoms with E-state index in [4.69, 9.17) is 14.2 Å². The van der Waals surface area contributed by atoms with Gasteiger partial charge in [-0.05, 0) is 0 Å². The van der Waals surface area contributed by atoms with E-state index in [0.717, 1.165) is 0 Å². The van der Waals surface area contributed by atoms with Gasteiger partial charge < -0.3 is 18.9 Å². The van der Waals surface area contributed by atoms with Crippen molar-refractivity contribution < 1.29 is 23.7 Å². The van der Waals surface area contributed by atoms with Gasteiger partial charge >= 0.3 is 5.97 Å². The molecule has 90 valence electrons. The third-order valence-corrected chi connectivity index (χ3v) is 2.85. The minimum atomic E-state index is -0.430. The van der Waals surface area contributed by atoms with Gasteiger partial charge in [0.2, 0.25) is 0 Å². The summed E-state index contributed by atoms with van der Waals surface area (Å²) in [7, 11) is 4.44. The summed E-state index contributed by atoms with van der Waals surface area (Å²) < 4.78 is 19.9. The van der Waals surface area contributed by atoms with Gasteiger partial charge in [-0.2, -0.15) is 0 Å². The molecule has 0 bridgehead atoms. The largest absolute Gasteiger partial charge is 0.489 e. The fraction of sp³-hybridized carbons (Fsp3) is 0.500. The molecule has 0 aliphatic heterocycles. The zero-order valence-electron chi connectivity index (χ0n) is 9.44. The van der Waals surface area contributed by atoms with Gasteiger partial charge in [0.25, 0.3) is 0 Å². The molecular formula is C10H14O5S. The molecule has 1 aromatic rings. The van der Waals surface area contributed by atoms with Crippen molar-refractivity contribution in [1.82, 2.24) is 0 Å². The molecule has 16 heavy (non-hydrogen) atoms.